The zero-order chi connectivity index (χ0) is 17.9. The lowest BCUT2D eigenvalue weighted by Crippen LogP contribution is -2.41. The second-order valence-corrected chi connectivity index (χ2v) is 6.34. The van der Waals surface area contributed by atoms with Crippen molar-refractivity contribution in [2.45, 2.75) is 12.8 Å². The average molecular weight is 353 g/mol. The number of amides is 2. The number of ether oxygens (including phenoxy) is 2. The van der Waals surface area contributed by atoms with Crippen LogP contribution in [0.5, 0.6) is 11.5 Å². The van der Waals surface area contributed by atoms with E-state index in [1.165, 1.54) is 0 Å². The minimum atomic E-state index is -0.117. The molecule has 1 aromatic heterocycles. The first kappa shape index (κ1) is 16.4. The van der Waals surface area contributed by atoms with Gasteiger partial charge in [-0.15, -0.1) is 0 Å². The summed E-state index contributed by atoms with van der Waals surface area (Å²) >= 11 is 0. The second kappa shape index (κ2) is 7.03. The maximum absolute atomic E-state index is 12.5. The molecule has 26 heavy (non-hydrogen) atoms. The summed E-state index contributed by atoms with van der Waals surface area (Å²) in [5.74, 6) is 1.09. The summed E-state index contributed by atoms with van der Waals surface area (Å²) in [4.78, 5) is 30.8. The highest BCUT2D eigenvalue weighted by Crippen LogP contribution is 2.34. The van der Waals surface area contributed by atoms with Crippen molar-refractivity contribution in [1.82, 2.24) is 9.88 Å². The van der Waals surface area contributed by atoms with Gasteiger partial charge in [-0.25, -0.2) is 0 Å². The summed E-state index contributed by atoms with van der Waals surface area (Å²) in [5, 5.41) is 2.93. The number of pyridine rings is 1. The fourth-order valence-electron chi connectivity index (χ4n) is 3.21. The molecule has 2 amide bonds. The quantitative estimate of drug-likeness (QED) is 0.916. The number of rotatable bonds is 3. The van der Waals surface area contributed by atoms with Crippen LogP contribution in [0.3, 0.4) is 0 Å². The van der Waals surface area contributed by atoms with Crippen LogP contribution in [0.25, 0.3) is 0 Å². The standard InChI is InChI=1S/C19H19N3O4/c23-18(21-14-4-5-16-17(11-14)26-12-25-16)13-6-9-22(10-7-13)19(24)15-3-1-2-8-20-15/h1-5,8,11,13H,6-7,9-10,12H2,(H,21,23). The molecule has 134 valence electrons. The zero-order valence-corrected chi connectivity index (χ0v) is 14.2. The van der Waals surface area contributed by atoms with Crippen molar-refractivity contribution in [3.63, 3.8) is 0 Å². The predicted molar refractivity (Wildman–Crippen MR) is 94.1 cm³/mol. The lowest BCUT2D eigenvalue weighted by atomic mass is 9.95. The summed E-state index contributed by atoms with van der Waals surface area (Å²) < 4.78 is 10.6. The Morgan fingerprint density at radius 2 is 1.88 bits per heavy atom. The summed E-state index contributed by atoms with van der Waals surface area (Å²) in [6.07, 6.45) is 2.88. The smallest absolute Gasteiger partial charge is 0.272 e. The molecule has 0 bridgehead atoms. The fraction of sp³-hybridized carbons (Fsp3) is 0.316. The molecule has 3 heterocycles. The van der Waals surface area contributed by atoms with Crippen LogP contribution in [-0.4, -0.2) is 41.6 Å². The van der Waals surface area contributed by atoms with Crippen molar-refractivity contribution < 1.29 is 19.1 Å². The number of hydrogen-bond acceptors (Lipinski definition) is 5. The molecule has 0 aliphatic carbocycles. The van der Waals surface area contributed by atoms with Crippen LogP contribution in [0.1, 0.15) is 23.3 Å². The maximum Gasteiger partial charge on any atom is 0.272 e. The van der Waals surface area contributed by atoms with E-state index >= 15 is 0 Å². The topological polar surface area (TPSA) is 80.8 Å². The third-order valence-electron chi connectivity index (χ3n) is 4.68. The van der Waals surface area contributed by atoms with Gasteiger partial charge in [-0.1, -0.05) is 6.07 Å². The zero-order valence-electron chi connectivity index (χ0n) is 14.2. The van der Waals surface area contributed by atoms with E-state index in [4.69, 9.17) is 9.47 Å². The molecule has 1 fully saturated rings. The Morgan fingerprint density at radius 3 is 2.65 bits per heavy atom. The number of anilines is 1. The maximum atomic E-state index is 12.5. The molecule has 7 nitrogen and oxygen atoms in total. The van der Waals surface area contributed by atoms with Gasteiger partial charge < -0.3 is 19.7 Å². The van der Waals surface area contributed by atoms with Crippen molar-refractivity contribution in [1.29, 1.82) is 0 Å². The van der Waals surface area contributed by atoms with Gasteiger partial charge in [-0.05, 0) is 37.1 Å². The van der Waals surface area contributed by atoms with E-state index in [1.54, 1.807) is 47.5 Å². The Kier molecular flexibility index (Phi) is 4.43. The Labute approximate surface area is 150 Å². The van der Waals surface area contributed by atoms with Crippen molar-refractivity contribution in [3.8, 4) is 11.5 Å². The first-order valence-corrected chi connectivity index (χ1v) is 8.61. The number of aromatic nitrogens is 1. The Balaban J connectivity index is 1.33. The molecule has 7 heteroatoms. The van der Waals surface area contributed by atoms with E-state index in [0.29, 0.717) is 48.8 Å². The van der Waals surface area contributed by atoms with Gasteiger partial charge in [0.2, 0.25) is 12.7 Å². The summed E-state index contributed by atoms with van der Waals surface area (Å²) in [6, 6.07) is 10.6. The number of hydrogen-bond donors (Lipinski definition) is 1. The summed E-state index contributed by atoms with van der Waals surface area (Å²) in [5.41, 5.74) is 1.13. The molecule has 0 atom stereocenters. The van der Waals surface area contributed by atoms with Crippen molar-refractivity contribution in [3.05, 3.63) is 48.3 Å². The third-order valence-corrected chi connectivity index (χ3v) is 4.68. The molecule has 2 aliphatic heterocycles. The average Bonchev–Trinajstić information content (AvgIpc) is 3.16. The Morgan fingerprint density at radius 1 is 1.08 bits per heavy atom. The van der Waals surface area contributed by atoms with Crippen LogP contribution in [0.2, 0.25) is 0 Å². The molecule has 0 spiro atoms. The van der Waals surface area contributed by atoms with Crippen molar-refractivity contribution >= 4 is 17.5 Å². The number of benzene rings is 1. The number of nitrogens with one attached hydrogen (secondary N) is 1. The van der Waals surface area contributed by atoms with Gasteiger partial charge >= 0.3 is 0 Å². The Bertz CT molecular complexity index is 817. The van der Waals surface area contributed by atoms with Gasteiger partial charge in [0.1, 0.15) is 5.69 Å². The number of piperidine rings is 1. The molecular weight excluding hydrogens is 334 g/mol. The number of fused-ring (bicyclic) bond motifs is 1. The van der Waals surface area contributed by atoms with Crippen LogP contribution in [-0.2, 0) is 4.79 Å². The number of likely N-dealkylation sites (tertiary alicyclic amines) is 1. The van der Waals surface area contributed by atoms with E-state index in [9.17, 15) is 9.59 Å². The molecule has 2 aromatic rings. The third kappa shape index (κ3) is 3.33. The van der Waals surface area contributed by atoms with Crippen LogP contribution in [0.15, 0.2) is 42.6 Å². The predicted octanol–water partition coefficient (Wildman–Crippen LogP) is 2.30. The molecule has 0 unspecified atom stereocenters. The van der Waals surface area contributed by atoms with E-state index in [-0.39, 0.29) is 24.5 Å². The van der Waals surface area contributed by atoms with Crippen LogP contribution >= 0.6 is 0 Å². The monoisotopic (exact) mass is 353 g/mol. The van der Waals surface area contributed by atoms with Crippen molar-refractivity contribution in [2.75, 3.05) is 25.2 Å². The number of nitrogens with zero attached hydrogens (tertiary/aromatic N) is 2. The molecule has 1 saturated heterocycles. The first-order valence-electron chi connectivity index (χ1n) is 8.61. The van der Waals surface area contributed by atoms with Crippen LogP contribution in [0, 0.1) is 5.92 Å². The largest absolute Gasteiger partial charge is 0.454 e. The van der Waals surface area contributed by atoms with Crippen LogP contribution in [0.4, 0.5) is 5.69 Å². The summed E-state index contributed by atoms with van der Waals surface area (Å²) in [7, 11) is 0. The highest BCUT2D eigenvalue weighted by atomic mass is 16.7. The van der Waals surface area contributed by atoms with E-state index in [2.05, 4.69) is 10.3 Å². The second-order valence-electron chi connectivity index (χ2n) is 6.34. The van der Waals surface area contributed by atoms with Gasteiger partial charge in [-0.3, -0.25) is 14.6 Å². The molecular formula is C19H19N3O4. The molecule has 2 aliphatic rings. The highest BCUT2D eigenvalue weighted by Gasteiger charge is 2.28. The number of carbonyl (C=O) groups excluding carboxylic acids is 2. The molecule has 1 N–H and O–H groups in total. The normalized spacial score (nSPS) is 16.4. The molecule has 0 saturated carbocycles. The van der Waals surface area contributed by atoms with E-state index in [1.807, 2.05) is 0 Å². The lowest BCUT2D eigenvalue weighted by molar-refractivity contribution is -0.121. The molecule has 4 rings (SSSR count). The van der Waals surface area contributed by atoms with Gasteiger partial charge in [0.05, 0.1) is 0 Å². The molecule has 1 aromatic carbocycles. The van der Waals surface area contributed by atoms with Gasteiger partial charge in [0.15, 0.2) is 11.5 Å². The van der Waals surface area contributed by atoms with Crippen LogP contribution < -0.4 is 14.8 Å². The number of carbonyl (C=O) groups is 2. The van der Waals surface area contributed by atoms with E-state index < -0.39 is 0 Å². The van der Waals surface area contributed by atoms with E-state index in [0.717, 1.165) is 0 Å². The summed E-state index contributed by atoms with van der Waals surface area (Å²) in [6.45, 7) is 1.30. The van der Waals surface area contributed by atoms with Gasteiger partial charge in [-0.2, -0.15) is 0 Å². The minimum Gasteiger partial charge on any atom is -0.454 e. The van der Waals surface area contributed by atoms with Gasteiger partial charge in [0, 0.05) is 37.0 Å². The minimum absolute atomic E-state index is 0.0335. The highest BCUT2D eigenvalue weighted by molar-refractivity contribution is 5.94. The first-order chi connectivity index (χ1) is 12.7. The Hall–Kier alpha value is -3.09. The fourth-order valence-corrected chi connectivity index (χ4v) is 3.21. The molecule has 0 radical (unpaired) electrons. The van der Waals surface area contributed by atoms with Gasteiger partial charge in [0.25, 0.3) is 5.91 Å². The van der Waals surface area contributed by atoms with Crippen molar-refractivity contribution in [2.24, 2.45) is 5.92 Å². The lowest BCUT2D eigenvalue weighted by Gasteiger charge is -2.31. The SMILES string of the molecule is O=C(Nc1ccc2c(c1)OCO2)C1CCN(C(=O)c2ccccn2)CC1.